The Morgan fingerprint density at radius 2 is 2.12 bits per heavy atom. The number of carbonyl (C=O) groups is 1. The molecule has 0 aliphatic carbocycles. The van der Waals surface area contributed by atoms with E-state index in [1.54, 1.807) is 18.3 Å². The van der Waals surface area contributed by atoms with Gasteiger partial charge in [-0.2, -0.15) is 0 Å². The number of nitrogens with zero attached hydrogens (tertiary/aromatic N) is 2. The van der Waals surface area contributed by atoms with E-state index in [0.29, 0.717) is 16.4 Å². The molecule has 0 aromatic carbocycles. The molecule has 0 radical (unpaired) electrons. The normalized spacial score (nSPS) is 10.0. The molecule has 17 heavy (non-hydrogen) atoms. The summed E-state index contributed by atoms with van der Waals surface area (Å²) in [4.78, 5) is 19.8. The number of halogens is 1. The van der Waals surface area contributed by atoms with Crippen molar-refractivity contribution in [3.8, 4) is 0 Å². The Morgan fingerprint density at radius 1 is 1.29 bits per heavy atom. The van der Waals surface area contributed by atoms with Gasteiger partial charge >= 0.3 is 0 Å². The summed E-state index contributed by atoms with van der Waals surface area (Å²) >= 11 is 5.87. The molecule has 5 heteroatoms. The second-order valence-corrected chi connectivity index (χ2v) is 3.94. The van der Waals surface area contributed by atoms with Crippen molar-refractivity contribution < 1.29 is 4.79 Å². The van der Waals surface area contributed by atoms with E-state index < -0.39 is 0 Å². The lowest BCUT2D eigenvalue weighted by molar-refractivity contribution is 0.102. The molecule has 4 nitrogen and oxygen atoms in total. The van der Waals surface area contributed by atoms with Crippen molar-refractivity contribution in [3.05, 3.63) is 52.9 Å². The number of rotatable bonds is 2. The third kappa shape index (κ3) is 2.79. The van der Waals surface area contributed by atoms with Gasteiger partial charge in [0.1, 0.15) is 5.82 Å². The molecule has 86 valence electrons. The number of amides is 1. The summed E-state index contributed by atoms with van der Waals surface area (Å²) in [5, 5.41) is 2.98. The smallest absolute Gasteiger partial charge is 0.258 e. The monoisotopic (exact) mass is 247 g/mol. The fourth-order valence-corrected chi connectivity index (χ4v) is 1.49. The van der Waals surface area contributed by atoms with E-state index in [1.807, 2.05) is 13.0 Å². The zero-order chi connectivity index (χ0) is 12.3. The van der Waals surface area contributed by atoms with E-state index in [0.717, 1.165) is 5.56 Å². The molecular formula is C12H10ClN3O. The first-order valence-electron chi connectivity index (χ1n) is 5.00. The lowest BCUT2D eigenvalue weighted by Gasteiger charge is -2.05. The van der Waals surface area contributed by atoms with Gasteiger partial charge < -0.3 is 5.32 Å². The Kier molecular flexibility index (Phi) is 3.35. The minimum absolute atomic E-state index is 0.297. The summed E-state index contributed by atoms with van der Waals surface area (Å²) in [5.74, 6) is 0.197. The first-order chi connectivity index (χ1) is 8.16. The first-order valence-corrected chi connectivity index (χ1v) is 5.38. The van der Waals surface area contributed by atoms with Gasteiger partial charge in [-0.3, -0.25) is 9.78 Å². The summed E-state index contributed by atoms with van der Waals surface area (Å²) in [7, 11) is 0. The number of aromatic nitrogens is 2. The summed E-state index contributed by atoms with van der Waals surface area (Å²) in [6.45, 7) is 1.93. The van der Waals surface area contributed by atoms with Gasteiger partial charge in [-0.05, 0) is 24.6 Å². The lowest BCUT2D eigenvalue weighted by Crippen LogP contribution is -2.13. The van der Waals surface area contributed by atoms with E-state index in [1.165, 1.54) is 12.4 Å². The van der Waals surface area contributed by atoms with E-state index in [9.17, 15) is 4.79 Å². The molecule has 0 saturated heterocycles. The lowest BCUT2D eigenvalue weighted by atomic mass is 10.2. The van der Waals surface area contributed by atoms with Crippen LogP contribution in [-0.4, -0.2) is 15.9 Å². The molecule has 2 heterocycles. The van der Waals surface area contributed by atoms with Crippen molar-refractivity contribution in [2.75, 3.05) is 5.32 Å². The summed E-state index contributed by atoms with van der Waals surface area (Å²) in [5.41, 5.74) is 1.41. The van der Waals surface area contributed by atoms with Crippen LogP contribution in [0.25, 0.3) is 0 Å². The predicted molar refractivity (Wildman–Crippen MR) is 66.2 cm³/mol. The van der Waals surface area contributed by atoms with Crippen LogP contribution in [0.3, 0.4) is 0 Å². The summed E-state index contributed by atoms with van der Waals surface area (Å²) in [6.07, 6.45) is 4.63. The maximum Gasteiger partial charge on any atom is 0.258 e. The van der Waals surface area contributed by atoms with Crippen LogP contribution in [0.2, 0.25) is 5.02 Å². The third-order valence-corrected chi connectivity index (χ3v) is 2.47. The van der Waals surface area contributed by atoms with Gasteiger partial charge in [0.05, 0.1) is 10.6 Å². The second kappa shape index (κ2) is 4.93. The highest BCUT2D eigenvalue weighted by Crippen LogP contribution is 2.15. The highest BCUT2D eigenvalue weighted by Gasteiger charge is 2.10. The largest absolute Gasteiger partial charge is 0.307 e. The van der Waals surface area contributed by atoms with Crippen LogP contribution in [0.1, 0.15) is 15.9 Å². The quantitative estimate of drug-likeness (QED) is 0.888. The summed E-state index contributed by atoms with van der Waals surface area (Å²) in [6, 6.07) is 5.17. The molecular weight excluding hydrogens is 238 g/mol. The Hall–Kier alpha value is -1.94. The zero-order valence-electron chi connectivity index (χ0n) is 9.14. The van der Waals surface area contributed by atoms with E-state index >= 15 is 0 Å². The highest BCUT2D eigenvalue weighted by molar-refractivity contribution is 6.34. The maximum atomic E-state index is 11.9. The number of pyridine rings is 2. The maximum absolute atomic E-state index is 11.9. The fourth-order valence-electron chi connectivity index (χ4n) is 1.28. The molecule has 2 rings (SSSR count). The number of hydrogen-bond donors (Lipinski definition) is 1. The zero-order valence-corrected chi connectivity index (χ0v) is 9.90. The molecule has 0 atom stereocenters. The number of carbonyl (C=O) groups excluding carboxylic acids is 1. The van der Waals surface area contributed by atoms with Gasteiger partial charge in [0.2, 0.25) is 0 Å². The molecule has 0 unspecified atom stereocenters. The first kappa shape index (κ1) is 11.5. The van der Waals surface area contributed by atoms with Gasteiger partial charge in [0.15, 0.2) is 0 Å². The topological polar surface area (TPSA) is 54.9 Å². The predicted octanol–water partition coefficient (Wildman–Crippen LogP) is 2.69. The van der Waals surface area contributed by atoms with Gasteiger partial charge in [0.25, 0.3) is 5.91 Å². The van der Waals surface area contributed by atoms with Crippen LogP contribution in [0.15, 0.2) is 36.8 Å². The minimum atomic E-state index is -0.297. The molecule has 0 aliphatic rings. The molecule has 2 aromatic heterocycles. The second-order valence-electron chi connectivity index (χ2n) is 3.53. The van der Waals surface area contributed by atoms with Crippen molar-refractivity contribution in [2.24, 2.45) is 0 Å². The van der Waals surface area contributed by atoms with Gasteiger partial charge in [-0.1, -0.05) is 17.7 Å². The fraction of sp³-hybridized carbons (Fsp3) is 0.0833. The van der Waals surface area contributed by atoms with Crippen LogP contribution in [0, 0.1) is 6.92 Å². The SMILES string of the molecule is Cc1ccc(NC(=O)c2ccncc2Cl)nc1. The average Bonchev–Trinajstić information content (AvgIpc) is 2.32. The summed E-state index contributed by atoms with van der Waals surface area (Å²) < 4.78 is 0. The number of aryl methyl sites for hydroxylation is 1. The van der Waals surface area contributed by atoms with Crippen LogP contribution < -0.4 is 5.32 Å². The Morgan fingerprint density at radius 3 is 2.76 bits per heavy atom. The Labute approximate surface area is 104 Å². The Bertz CT molecular complexity index is 540. The molecule has 0 aliphatic heterocycles. The Balaban J connectivity index is 2.17. The highest BCUT2D eigenvalue weighted by atomic mass is 35.5. The standard InChI is InChI=1S/C12H10ClN3O/c1-8-2-3-11(15-6-8)16-12(17)9-4-5-14-7-10(9)13/h2-7H,1H3,(H,15,16,17). The van der Waals surface area contributed by atoms with Crippen molar-refractivity contribution in [1.82, 2.24) is 9.97 Å². The number of nitrogens with one attached hydrogen (secondary N) is 1. The van der Waals surface area contributed by atoms with Crippen LogP contribution in [0.5, 0.6) is 0 Å². The van der Waals surface area contributed by atoms with Crippen LogP contribution in [0.4, 0.5) is 5.82 Å². The van der Waals surface area contributed by atoms with Crippen LogP contribution in [-0.2, 0) is 0 Å². The number of anilines is 1. The van der Waals surface area contributed by atoms with E-state index in [4.69, 9.17) is 11.6 Å². The molecule has 1 N–H and O–H groups in total. The van der Waals surface area contributed by atoms with E-state index in [-0.39, 0.29) is 5.91 Å². The van der Waals surface area contributed by atoms with Crippen molar-refractivity contribution >= 4 is 23.3 Å². The van der Waals surface area contributed by atoms with Crippen molar-refractivity contribution in [1.29, 1.82) is 0 Å². The minimum Gasteiger partial charge on any atom is -0.307 e. The number of hydrogen-bond acceptors (Lipinski definition) is 3. The van der Waals surface area contributed by atoms with Crippen LogP contribution >= 0.6 is 11.6 Å². The molecule has 0 saturated carbocycles. The van der Waals surface area contributed by atoms with Crippen molar-refractivity contribution in [2.45, 2.75) is 6.92 Å². The average molecular weight is 248 g/mol. The molecule has 1 amide bonds. The van der Waals surface area contributed by atoms with Gasteiger partial charge in [-0.25, -0.2) is 4.98 Å². The van der Waals surface area contributed by atoms with Gasteiger partial charge in [-0.15, -0.1) is 0 Å². The van der Waals surface area contributed by atoms with Crippen molar-refractivity contribution in [3.63, 3.8) is 0 Å². The third-order valence-electron chi connectivity index (χ3n) is 2.17. The molecule has 0 fully saturated rings. The molecule has 2 aromatic rings. The van der Waals surface area contributed by atoms with Gasteiger partial charge in [0, 0.05) is 18.6 Å². The molecule has 0 bridgehead atoms. The van der Waals surface area contributed by atoms with E-state index in [2.05, 4.69) is 15.3 Å². The molecule has 0 spiro atoms.